The lowest BCUT2D eigenvalue weighted by Gasteiger charge is -2.12. The van der Waals surface area contributed by atoms with E-state index in [2.05, 4.69) is 9.72 Å². The predicted octanol–water partition coefficient (Wildman–Crippen LogP) is 3.93. The second-order valence-corrected chi connectivity index (χ2v) is 5.45. The molecule has 1 heterocycles. The summed E-state index contributed by atoms with van der Waals surface area (Å²) in [6.45, 7) is 6.41. The molecule has 1 aromatic carbocycles. The van der Waals surface area contributed by atoms with Crippen LogP contribution in [0.15, 0.2) is 42.5 Å². The summed E-state index contributed by atoms with van der Waals surface area (Å²) in [5.74, 6) is -0.959. The van der Waals surface area contributed by atoms with Crippen LogP contribution in [0.3, 0.4) is 0 Å². The van der Waals surface area contributed by atoms with Crippen LogP contribution in [0.4, 0.5) is 0 Å². The predicted molar refractivity (Wildman–Crippen MR) is 103 cm³/mol. The van der Waals surface area contributed by atoms with Crippen LogP contribution in [0, 0.1) is 0 Å². The Balaban J connectivity index is 0.00000176. The molecule has 1 aromatic heterocycles. The van der Waals surface area contributed by atoms with E-state index in [4.69, 9.17) is 4.74 Å². The summed E-state index contributed by atoms with van der Waals surface area (Å²) >= 11 is 0. The number of unbranched alkanes of at least 4 members (excludes halogenated alkanes) is 1. The molecule has 0 amide bonds. The fourth-order valence-corrected chi connectivity index (χ4v) is 2.19. The highest BCUT2D eigenvalue weighted by Crippen LogP contribution is 2.21. The summed E-state index contributed by atoms with van der Waals surface area (Å²) in [5.41, 5.74) is 1.42. The Morgan fingerprint density at radius 1 is 1.07 bits per heavy atom. The lowest BCUT2D eigenvalue weighted by molar-refractivity contribution is 0.0498. The minimum absolute atomic E-state index is 0.121. The first kappa shape index (κ1) is 22.3. The monoisotopic (exact) mass is 373 g/mol. The van der Waals surface area contributed by atoms with E-state index in [0.29, 0.717) is 23.4 Å². The van der Waals surface area contributed by atoms with Gasteiger partial charge in [-0.05, 0) is 36.2 Å². The second kappa shape index (κ2) is 11.8. The smallest absolute Gasteiger partial charge is 0.356 e. The Morgan fingerprint density at radius 3 is 2.33 bits per heavy atom. The summed E-state index contributed by atoms with van der Waals surface area (Å²) in [5, 5.41) is 10.4. The average molecular weight is 373 g/mol. The van der Waals surface area contributed by atoms with Crippen molar-refractivity contribution in [2.24, 2.45) is 0 Å². The normalized spacial score (nSPS) is 11.0. The van der Waals surface area contributed by atoms with E-state index in [0.717, 1.165) is 12.8 Å². The molecule has 1 atom stereocenters. The molecule has 2 aromatic rings. The van der Waals surface area contributed by atoms with E-state index in [9.17, 15) is 14.7 Å². The van der Waals surface area contributed by atoms with E-state index in [1.165, 1.54) is 13.2 Å². The Morgan fingerprint density at radius 2 is 1.74 bits per heavy atom. The molecule has 146 valence electrons. The molecule has 0 spiro atoms. The van der Waals surface area contributed by atoms with Crippen LogP contribution in [0.5, 0.6) is 0 Å². The highest BCUT2D eigenvalue weighted by molar-refractivity contribution is 5.89. The molecular weight excluding hydrogens is 346 g/mol. The highest BCUT2D eigenvalue weighted by Gasteiger charge is 2.16. The third kappa shape index (κ3) is 6.49. The van der Waals surface area contributed by atoms with Crippen molar-refractivity contribution in [1.82, 2.24) is 4.98 Å². The SMILES string of the molecule is CC.CCCCOC(=O)c1ccc(C(O)c2cccc(C(=O)OC)n2)cc1. The zero-order chi connectivity index (χ0) is 20.2. The molecule has 0 bridgehead atoms. The van der Waals surface area contributed by atoms with Gasteiger partial charge in [0.2, 0.25) is 0 Å². The van der Waals surface area contributed by atoms with Crippen LogP contribution in [0.25, 0.3) is 0 Å². The standard InChI is InChI=1S/C19H21NO5.C2H6/c1-3-4-12-25-18(22)14-10-8-13(9-11-14)17(21)15-6-5-7-16(20-15)19(23)24-2;1-2/h5-11,17,21H,3-4,12H2,1-2H3;1-2H3. The van der Waals surface area contributed by atoms with Gasteiger partial charge in [0.25, 0.3) is 0 Å². The van der Waals surface area contributed by atoms with Gasteiger partial charge in [0.05, 0.1) is 25.0 Å². The minimum atomic E-state index is -1.02. The van der Waals surface area contributed by atoms with Gasteiger partial charge in [0.15, 0.2) is 0 Å². The molecule has 0 aliphatic carbocycles. The van der Waals surface area contributed by atoms with Gasteiger partial charge in [-0.15, -0.1) is 0 Å². The molecule has 0 radical (unpaired) electrons. The number of methoxy groups -OCH3 is 1. The maximum absolute atomic E-state index is 11.9. The van der Waals surface area contributed by atoms with E-state index in [-0.39, 0.29) is 11.7 Å². The average Bonchev–Trinajstić information content (AvgIpc) is 2.74. The van der Waals surface area contributed by atoms with E-state index < -0.39 is 12.1 Å². The molecule has 0 aliphatic rings. The molecule has 6 heteroatoms. The number of carbonyl (C=O) groups is 2. The Labute approximate surface area is 160 Å². The fourth-order valence-electron chi connectivity index (χ4n) is 2.19. The maximum atomic E-state index is 11.9. The quantitative estimate of drug-likeness (QED) is 0.584. The van der Waals surface area contributed by atoms with Crippen molar-refractivity contribution in [3.8, 4) is 0 Å². The number of hydrogen-bond acceptors (Lipinski definition) is 6. The van der Waals surface area contributed by atoms with Crippen LogP contribution >= 0.6 is 0 Å². The van der Waals surface area contributed by atoms with Gasteiger partial charge in [-0.25, -0.2) is 14.6 Å². The number of aliphatic hydroxyl groups is 1. The summed E-state index contributed by atoms with van der Waals surface area (Å²) < 4.78 is 9.77. The van der Waals surface area contributed by atoms with Crippen molar-refractivity contribution in [1.29, 1.82) is 0 Å². The summed E-state index contributed by atoms with van der Waals surface area (Å²) in [7, 11) is 1.27. The third-order valence-electron chi connectivity index (χ3n) is 3.64. The number of ether oxygens (including phenoxy) is 2. The first-order valence-electron chi connectivity index (χ1n) is 9.07. The minimum Gasteiger partial charge on any atom is -0.464 e. The molecule has 6 nitrogen and oxygen atoms in total. The van der Waals surface area contributed by atoms with Crippen LogP contribution in [-0.2, 0) is 9.47 Å². The van der Waals surface area contributed by atoms with E-state index in [1.807, 2.05) is 20.8 Å². The van der Waals surface area contributed by atoms with Crippen molar-refractivity contribution in [2.45, 2.75) is 39.7 Å². The molecule has 0 aliphatic heterocycles. The number of benzene rings is 1. The van der Waals surface area contributed by atoms with E-state index in [1.54, 1.807) is 36.4 Å². The van der Waals surface area contributed by atoms with Crippen LogP contribution < -0.4 is 0 Å². The fraction of sp³-hybridized carbons (Fsp3) is 0.381. The number of pyridine rings is 1. The third-order valence-corrected chi connectivity index (χ3v) is 3.64. The van der Waals surface area contributed by atoms with Gasteiger partial charge in [0, 0.05) is 0 Å². The molecule has 0 fully saturated rings. The second-order valence-electron chi connectivity index (χ2n) is 5.45. The largest absolute Gasteiger partial charge is 0.464 e. The number of hydrogen-bond donors (Lipinski definition) is 1. The van der Waals surface area contributed by atoms with Crippen molar-refractivity contribution in [3.63, 3.8) is 0 Å². The summed E-state index contributed by atoms with van der Waals surface area (Å²) in [4.78, 5) is 27.5. The number of aromatic nitrogens is 1. The van der Waals surface area contributed by atoms with E-state index >= 15 is 0 Å². The van der Waals surface area contributed by atoms with Gasteiger partial charge >= 0.3 is 11.9 Å². The Bertz CT molecular complexity index is 728. The topological polar surface area (TPSA) is 85.7 Å². The van der Waals surface area contributed by atoms with Crippen LogP contribution in [-0.4, -0.2) is 35.7 Å². The van der Waals surface area contributed by atoms with Gasteiger partial charge in [-0.1, -0.05) is 45.4 Å². The number of aliphatic hydroxyl groups excluding tert-OH is 1. The van der Waals surface area contributed by atoms with Gasteiger partial charge < -0.3 is 14.6 Å². The lowest BCUT2D eigenvalue weighted by atomic mass is 10.0. The van der Waals surface area contributed by atoms with Crippen LogP contribution in [0.1, 0.15) is 71.8 Å². The van der Waals surface area contributed by atoms with Crippen molar-refractivity contribution in [3.05, 3.63) is 65.0 Å². The Hall–Kier alpha value is -2.73. The van der Waals surface area contributed by atoms with Gasteiger partial charge in [0.1, 0.15) is 11.8 Å². The van der Waals surface area contributed by atoms with Gasteiger partial charge in [-0.3, -0.25) is 0 Å². The van der Waals surface area contributed by atoms with Gasteiger partial charge in [-0.2, -0.15) is 0 Å². The maximum Gasteiger partial charge on any atom is 0.356 e. The van der Waals surface area contributed by atoms with Crippen molar-refractivity contribution < 1.29 is 24.2 Å². The lowest BCUT2D eigenvalue weighted by Crippen LogP contribution is -2.10. The first-order valence-corrected chi connectivity index (χ1v) is 9.07. The zero-order valence-electron chi connectivity index (χ0n) is 16.3. The molecule has 27 heavy (non-hydrogen) atoms. The molecule has 0 saturated heterocycles. The number of carbonyl (C=O) groups excluding carboxylic acids is 2. The zero-order valence-corrected chi connectivity index (χ0v) is 16.3. The van der Waals surface area contributed by atoms with Crippen LogP contribution in [0.2, 0.25) is 0 Å². The molecule has 0 saturated carbocycles. The number of rotatable bonds is 7. The van der Waals surface area contributed by atoms with Crippen molar-refractivity contribution >= 4 is 11.9 Å². The summed E-state index contributed by atoms with van der Waals surface area (Å²) in [6, 6.07) is 11.2. The Kier molecular flexibility index (Phi) is 9.75. The molecule has 1 unspecified atom stereocenters. The first-order chi connectivity index (χ1) is 13.1. The number of esters is 2. The highest BCUT2D eigenvalue weighted by atomic mass is 16.5. The summed E-state index contributed by atoms with van der Waals surface area (Å²) in [6.07, 6.45) is 0.760. The molecule has 1 N–H and O–H groups in total. The molecular formula is C21H27NO5. The number of nitrogens with zero attached hydrogens (tertiary/aromatic N) is 1. The molecule has 2 rings (SSSR count). The van der Waals surface area contributed by atoms with Crippen molar-refractivity contribution in [2.75, 3.05) is 13.7 Å².